The molecule has 1 aliphatic carbocycles. The van der Waals surface area contributed by atoms with Gasteiger partial charge >= 0.3 is 5.97 Å². The number of pyridine rings is 1. The first-order valence-electron chi connectivity index (χ1n) is 6.26. The second-order valence-corrected chi connectivity index (χ2v) is 4.73. The fraction of sp³-hybridized carbons (Fsp3) is 0.538. The van der Waals surface area contributed by atoms with Crippen molar-refractivity contribution in [3.05, 3.63) is 23.9 Å². The average Bonchev–Trinajstić information content (AvgIpc) is 2.84. The lowest BCUT2D eigenvalue weighted by molar-refractivity contribution is 0.0690. The molecule has 5 nitrogen and oxygen atoms in total. The monoisotopic (exact) mass is 250 g/mol. The molecule has 0 aliphatic heterocycles. The normalized spacial score (nSPS) is 22.9. The number of anilines is 1. The van der Waals surface area contributed by atoms with Gasteiger partial charge in [0.05, 0.1) is 0 Å². The smallest absolute Gasteiger partial charge is 0.354 e. The van der Waals surface area contributed by atoms with Gasteiger partial charge in [0.1, 0.15) is 5.82 Å². The van der Waals surface area contributed by atoms with E-state index in [0.717, 1.165) is 25.8 Å². The summed E-state index contributed by atoms with van der Waals surface area (Å²) in [6, 6.07) is 4.91. The molecular weight excluding hydrogens is 232 g/mol. The largest absolute Gasteiger partial charge is 0.477 e. The number of carboxylic acids is 1. The number of aliphatic hydroxyl groups excluding tert-OH is 1. The topological polar surface area (TPSA) is 82.5 Å². The zero-order chi connectivity index (χ0) is 13.0. The van der Waals surface area contributed by atoms with Gasteiger partial charge in [-0.2, -0.15) is 0 Å². The van der Waals surface area contributed by atoms with Crippen LogP contribution in [-0.2, 0) is 0 Å². The first kappa shape index (κ1) is 12.8. The summed E-state index contributed by atoms with van der Waals surface area (Å²) in [4.78, 5) is 14.8. The van der Waals surface area contributed by atoms with Crippen molar-refractivity contribution in [3.8, 4) is 0 Å². The molecule has 1 fully saturated rings. The van der Waals surface area contributed by atoms with Crippen LogP contribution in [0, 0.1) is 11.8 Å². The van der Waals surface area contributed by atoms with Gasteiger partial charge in [-0.1, -0.05) is 12.5 Å². The number of carboxylic acid groups (broad SMARTS) is 1. The lowest BCUT2D eigenvalue weighted by Gasteiger charge is -2.18. The van der Waals surface area contributed by atoms with Gasteiger partial charge in [-0.05, 0) is 36.8 Å². The van der Waals surface area contributed by atoms with Gasteiger partial charge in [-0.15, -0.1) is 0 Å². The summed E-state index contributed by atoms with van der Waals surface area (Å²) >= 11 is 0. The molecule has 0 aromatic carbocycles. The van der Waals surface area contributed by atoms with Crippen molar-refractivity contribution < 1.29 is 15.0 Å². The molecule has 1 heterocycles. The van der Waals surface area contributed by atoms with Crippen LogP contribution < -0.4 is 5.32 Å². The number of aromatic nitrogens is 1. The highest BCUT2D eigenvalue weighted by atomic mass is 16.4. The van der Waals surface area contributed by atoms with E-state index >= 15 is 0 Å². The first-order chi connectivity index (χ1) is 8.70. The second kappa shape index (κ2) is 5.82. The minimum atomic E-state index is -1.02. The van der Waals surface area contributed by atoms with E-state index in [1.165, 1.54) is 6.07 Å². The molecule has 1 aliphatic rings. The van der Waals surface area contributed by atoms with Crippen LogP contribution in [0.4, 0.5) is 5.82 Å². The van der Waals surface area contributed by atoms with Crippen molar-refractivity contribution in [2.75, 3.05) is 18.5 Å². The van der Waals surface area contributed by atoms with Crippen LogP contribution in [0.5, 0.6) is 0 Å². The lowest BCUT2D eigenvalue weighted by Crippen LogP contribution is -2.21. The maximum atomic E-state index is 10.8. The predicted molar refractivity (Wildman–Crippen MR) is 67.6 cm³/mol. The fourth-order valence-corrected chi connectivity index (χ4v) is 2.51. The fourth-order valence-electron chi connectivity index (χ4n) is 2.51. The molecule has 2 rings (SSSR count). The molecule has 0 spiro atoms. The Kier molecular flexibility index (Phi) is 4.15. The van der Waals surface area contributed by atoms with E-state index in [2.05, 4.69) is 10.3 Å². The van der Waals surface area contributed by atoms with Crippen LogP contribution in [0.3, 0.4) is 0 Å². The number of rotatable bonds is 5. The molecule has 0 bridgehead atoms. The van der Waals surface area contributed by atoms with Crippen LogP contribution in [-0.4, -0.2) is 34.3 Å². The standard InChI is InChI=1S/C13H18N2O3/c16-8-10-4-1-3-9(10)7-14-12-6-2-5-11(15-12)13(17)18/h2,5-6,9-10,16H,1,3-4,7-8H2,(H,14,15)(H,17,18). The molecule has 98 valence electrons. The van der Waals surface area contributed by atoms with E-state index in [1.807, 2.05) is 0 Å². The average molecular weight is 250 g/mol. The molecule has 1 saturated carbocycles. The van der Waals surface area contributed by atoms with E-state index < -0.39 is 5.97 Å². The Labute approximate surface area is 106 Å². The Hall–Kier alpha value is -1.62. The van der Waals surface area contributed by atoms with Gasteiger partial charge in [0.15, 0.2) is 5.69 Å². The molecule has 0 radical (unpaired) electrons. The van der Waals surface area contributed by atoms with Gasteiger partial charge in [-0.25, -0.2) is 9.78 Å². The van der Waals surface area contributed by atoms with Crippen molar-refractivity contribution in [2.45, 2.75) is 19.3 Å². The third-order valence-corrected chi connectivity index (χ3v) is 3.56. The molecule has 18 heavy (non-hydrogen) atoms. The summed E-state index contributed by atoms with van der Waals surface area (Å²) < 4.78 is 0. The van der Waals surface area contributed by atoms with Crippen molar-refractivity contribution in [3.63, 3.8) is 0 Å². The minimum Gasteiger partial charge on any atom is -0.477 e. The molecule has 0 saturated heterocycles. The summed E-state index contributed by atoms with van der Waals surface area (Å²) in [6.45, 7) is 0.968. The Morgan fingerprint density at radius 1 is 1.39 bits per heavy atom. The number of aromatic carboxylic acids is 1. The third kappa shape index (κ3) is 2.98. The SMILES string of the molecule is O=C(O)c1cccc(NCC2CCCC2CO)n1. The quantitative estimate of drug-likeness (QED) is 0.739. The second-order valence-electron chi connectivity index (χ2n) is 4.73. The molecule has 1 aromatic rings. The van der Waals surface area contributed by atoms with Gasteiger partial charge in [0, 0.05) is 13.2 Å². The van der Waals surface area contributed by atoms with Crippen LogP contribution in [0.1, 0.15) is 29.8 Å². The van der Waals surface area contributed by atoms with Gasteiger partial charge in [0.2, 0.25) is 0 Å². The number of carbonyl (C=O) groups is 1. The molecule has 3 N–H and O–H groups in total. The van der Waals surface area contributed by atoms with Gasteiger partial charge in [-0.3, -0.25) is 0 Å². The van der Waals surface area contributed by atoms with Gasteiger partial charge in [0.25, 0.3) is 0 Å². The van der Waals surface area contributed by atoms with Crippen molar-refractivity contribution >= 4 is 11.8 Å². The number of hydrogen-bond donors (Lipinski definition) is 3. The lowest BCUT2D eigenvalue weighted by atomic mass is 9.97. The van der Waals surface area contributed by atoms with Crippen molar-refractivity contribution in [1.82, 2.24) is 4.98 Å². The minimum absolute atomic E-state index is 0.0464. The summed E-state index contributed by atoms with van der Waals surface area (Å²) in [7, 11) is 0. The number of aliphatic hydroxyl groups is 1. The summed E-state index contributed by atoms with van der Waals surface area (Å²) in [5.74, 6) is 0.372. The molecular formula is C13H18N2O3. The van der Waals surface area contributed by atoms with Crippen molar-refractivity contribution in [1.29, 1.82) is 0 Å². The number of nitrogens with one attached hydrogen (secondary N) is 1. The Balaban J connectivity index is 1.93. The first-order valence-corrected chi connectivity index (χ1v) is 6.26. The predicted octanol–water partition coefficient (Wildman–Crippen LogP) is 1.60. The molecule has 0 amide bonds. The van der Waals surface area contributed by atoms with E-state index in [9.17, 15) is 9.90 Å². The Morgan fingerprint density at radius 3 is 2.89 bits per heavy atom. The van der Waals surface area contributed by atoms with Crippen LogP contribution in [0.15, 0.2) is 18.2 Å². The summed E-state index contributed by atoms with van der Waals surface area (Å²) in [5.41, 5.74) is 0.0464. The molecule has 2 unspecified atom stereocenters. The van der Waals surface area contributed by atoms with E-state index in [1.54, 1.807) is 12.1 Å². The molecule has 1 aromatic heterocycles. The van der Waals surface area contributed by atoms with E-state index in [4.69, 9.17) is 5.11 Å². The zero-order valence-corrected chi connectivity index (χ0v) is 10.2. The third-order valence-electron chi connectivity index (χ3n) is 3.56. The maximum Gasteiger partial charge on any atom is 0.354 e. The summed E-state index contributed by atoms with van der Waals surface area (Å²) in [5, 5.41) is 21.2. The maximum absolute atomic E-state index is 10.8. The summed E-state index contributed by atoms with van der Waals surface area (Å²) in [6.07, 6.45) is 3.34. The number of nitrogens with zero attached hydrogens (tertiary/aromatic N) is 1. The zero-order valence-electron chi connectivity index (χ0n) is 10.2. The van der Waals surface area contributed by atoms with Crippen molar-refractivity contribution in [2.24, 2.45) is 11.8 Å². The van der Waals surface area contributed by atoms with Crippen LogP contribution in [0.2, 0.25) is 0 Å². The van der Waals surface area contributed by atoms with Gasteiger partial charge < -0.3 is 15.5 Å². The Bertz CT molecular complexity index is 422. The van der Waals surface area contributed by atoms with E-state index in [0.29, 0.717) is 17.7 Å². The van der Waals surface area contributed by atoms with Crippen LogP contribution >= 0.6 is 0 Å². The molecule has 2 atom stereocenters. The van der Waals surface area contributed by atoms with Crippen LogP contribution in [0.25, 0.3) is 0 Å². The van der Waals surface area contributed by atoms with E-state index in [-0.39, 0.29) is 12.3 Å². The highest BCUT2D eigenvalue weighted by Gasteiger charge is 2.26. The number of hydrogen-bond acceptors (Lipinski definition) is 4. The Morgan fingerprint density at radius 2 is 2.17 bits per heavy atom. The highest BCUT2D eigenvalue weighted by molar-refractivity contribution is 5.85. The highest BCUT2D eigenvalue weighted by Crippen LogP contribution is 2.31. The molecule has 5 heteroatoms.